The van der Waals surface area contributed by atoms with E-state index in [0.717, 1.165) is 47.8 Å². The summed E-state index contributed by atoms with van der Waals surface area (Å²) >= 11 is 9.48. The van der Waals surface area contributed by atoms with Crippen LogP contribution in [-0.4, -0.2) is 42.3 Å². The molecule has 0 saturated carbocycles. The Balaban J connectivity index is 1.50. The van der Waals surface area contributed by atoms with Crippen LogP contribution in [0.15, 0.2) is 58.1 Å². The van der Waals surface area contributed by atoms with E-state index in [1.54, 1.807) is 0 Å². The van der Waals surface area contributed by atoms with E-state index in [1.165, 1.54) is 5.56 Å². The number of piperazine rings is 1. The quantitative estimate of drug-likeness (QED) is 0.724. The van der Waals surface area contributed by atoms with Crippen LogP contribution < -0.4 is 0 Å². The molecule has 0 amide bonds. The van der Waals surface area contributed by atoms with E-state index in [1.807, 2.05) is 36.5 Å². The van der Waals surface area contributed by atoms with Crippen molar-refractivity contribution in [3.63, 3.8) is 0 Å². The predicted molar refractivity (Wildman–Crippen MR) is 100 cm³/mol. The van der Waals surface area contributed by atoms with Crippen molar-refractivity contribution in [2.45, 2.75) is 6.54 Å². The van der Waals surface area contributed by atoms with Crippen LogP contribution in [0, 0.1) is 0 Å². The SMILES string of the molecule is Clc1ccc(CN2CCN(N=Cc3ccccc3Br)CC2)cc1. The zero-order valence-electron chi connectivity index (χ0n) is 12.8. The smallest absolute Gasteiger partial charge is 0.0554 e. The molecule has 1 heterocycles. The molecule has 0 spiro atoms. The molecule has 1 aliphatic rings. The van der Waals surface area contributed by atoms with E-state index in [-0.39, 0.29) is 0 Å². The van der Waals surface area contributed by atoms with Gasteiger partial charge >= 0.3 is 0 Å². The summed E-state index contributed by atoms with van der Waals surface area (Å²) in [6, 6.07) is 16.2. The summed E-state index contributed by atoms with van der Waals surface area (Å²) in [5, 5.41) is 7.53. The highest BCUT2D eigenvalue weighted by molar-refractivity contribution is 9.10. The van der Waals surface area contributed by atoms with E-state index in [2.05, 4.69) is 49.1 Å². The largest absolute Gasteiger partial charge is 0.295 e. The van der Waals surface area contributed by atoms with Crippen LogP contribution in [0.3, 0.4) is 0 Å². The highest BCUT2D eigenvalue weighted by atomic mass is 79.9. The first kappa shape index (κ1) is 16.5. The van der Waals surface area contributed by atoms with Crippen LogP contribution in [0.5, 0.6) is 0 Å². The molecule has 1 saturated heterocycles. The fourth-order valence-electron chi connectivity index (χ4n) is 2.58. The lowest BCUT2D eigenvalue weighted by molar-refractivity contribution is 0.131. The molecule has 0 aliphatic carbocycles. The lowest BCUT2D eigenvalue weighted by Crippen LogP contribution is -2.43. The van der Waals surface area contributed by atoms with E-state index in [0.29, 0.717) is 0 Å². The number of hydrazone groups is 1. The molecule has 0 radical (unpaired) electrons. The summed E-state index contributed by atoms with van der Waals surface area (Å²) in [6.45, 7) is 4.92. The average Bonchev–Trinajstić information content (AvgIpc) is 2.58. The van der Waals surface area contributed by atoms with Crippen LogP contribution in [0.4, 0.5) is 0 Å². The second-order valence-electron chi connectivity index (χ2n) is 5.62. The summed E-state index contributed by atoms with van der Waals surface area (Å²) in [6.07, 6.45) is 1.93. The minimum atomic E-state index is 0.792. The summed E-state index contributed by atoms with van der Waals surface area (Å²) in [5.41, 5.74) is 2.41. The third kappa shape index (κ3) is 4.80. The van der Waals surface area contributed by atoms with Crippen LogP contribution >= 0.6 is 27.5 Å². The summed E-state index contributed by atoms with van der Waals surface area (Å²) in [5.74, 6) is 0. The lowest BCUT2D eigenvalue weighted by atomic mass is 10.2. The maximum Gasteiger partial charge on any atom is 0.0554 e. The van der Waals surface area contributed by atoms with E-state index in [4.69, 9.17) is 11.6 Å². The number of hydrogen-bond donors (Lipinski definition) is 0. The molecule has 1 fully saturated rings. The van der Waals surface area contributed by atoms with Crippen molar-refractivity contribution in [3.05, 3.63) is 69.2 Å². The molecule has 1 aliphatic heterocycles. The van der Waals surface area contributed by atoms with Gasteiger partial charge in [-0.1, -0.05) is 57.9 Å². The van der Waals surface area contributed by atoms with Crippen molar-refractivity contribution in [3.8, 4) is 0 Å². The minimum absolute atomic E-state index is 0.792. The predicted octanol–water partition coefficient (Wildman–Crippen LogP) is 4.25. The zero-order valence-corrected chi connectivity index (χ0v) is 15.2. The summed E-state index contributed by atoms with van der Waals surface area (Å²) in [7, 11) is 0. The van der Waals surface area contributed by atoms with Gasteiger partial charge in [0.05, 0.1) is 6.21 Å². The molecule has 0 aromatic heterocycles. The molecular formula is C18H19BrClN3. The fourth-order valence-corrected chi connectivity index (χ4v) is 3.10. The normalized spacial score (nSPS) is 16.2. The van der Waals surface area contributed by atoms with Gasteiger partial charge in [-0.3, -0.25) is 9.91 Å². The zero-order chi connectivity index (χ0) is 16.1. The van der Waals surface area contributed by atoms with Gasteiger partial charge in [-0.15, -0.1) is 0 Å². The molecule has 2 aromatic carbocycles. The first-order valence-electron chi connectivity index (χ1n) is 7.71. The monoisotopic (exact) mass is 391 g/mol. The molecule has 2 aromatic rings. The van der Waals surface area contributed by atoms with Crippen molar-refractivity contribution in [1.82, 2.24) is 9.91 Å². The molecule has 0 bridgehead atoms. The minimum Gasteiger partial charge on any atom is -0.295 e. The molecular weight excluding hydrogens is 374 g/mol. The highest BCUT2D eigenvalue weighted by Gasteiger charge is 2.15. The first-order chi connectivity index (χ1) is 11.2. The maximum absolute atomic E-state index is 5.93. The van der Waals surface area contributed by atoms with Gasteiger partial charge in [0.1, 0.15) is 0 Å². The Bertz CT molecular complexity index is 664. The van der Waals surface area contributed by atoms with Crippen molar-refractivity contribution < 1.29 is 0 Å². The Labute approximate surface area is 150 Å². The molecule has 23 heavy (non-hydrogen) atoms. The van der Waals surface area contributed by atoms with E-state index in [9.17, 15) is 0 Å². The van der Waals surface area contributed by atoms with Crippen molar-refractivity contribution in [1.29, 1.82) is 0 Å². The second-order valence-corrected chi connectivity index (χ2v) is 6.91. The van der Waals surface area contributed by atoms with Crippen LogP contribution in [0.25, 0.3) is 0 Å². The molecule has 0 N–H and O–H groups in total. The molecule has 3 nitrogen and oxygen atoms in total. The Morgan fingerprint density at radius 2 is 1.70 bits per heavy atom. The summed E-state index contributed by atoms with van der Waals surface area (Å²) in [4.78, 5) is 2.45. The Morgan fingerprint density at radius 3 is 2.39 bits per heavy atom. The Morgan fingerprint density at radius 1 is 1.00 bits per heavy atom. The molecule has 0 unspecified atom stereocenters. The van der Waals surface area contributed by atoms with Gasteiger partial charge < -0.3 is 0 Å². The van der Waals surface area contributed by atoms with Gasteiger partial charge in [0.25, 0.3) is 0 Å². The average molecular weight is 393 g/mol. The third-order valence-electron chi connectivity index (χ3n) is 3.93. The van der Waals surface area contributed by atoms with Crippen molar-refractivity contribution in [2.24, 2.45) is 5.10 Å². The van der Waals surface area contributed by atoms with Crippen LogP contribution in [0.1, 0.15) is 11.1 Å². The molecule has 120 valence electrons. The van der Waals surface area contributed by atoms with Crippen molar-refractivity contribution in [2.75, 3.05) is 26.2 Å². The van der Waals surface area contributed by atoms with Crippen LogP contribution in [-0.2, 0) is 6.54 Å². The number of halogens is 2. The maximum atomic E-state index is 5.93. The summed E-state index contributed by atoms with van der Waals surface area (Å²) < 4.78 is 1.07. The topological polar surface area (TPSA) is 18.8 Å². The van der Waals surface area contributed by atoms with Gasteiger partial charge in [-0.05, 0) is 23.8 Å². The Kier molecular flexibility index (Phi) is 5.70. The second kappa shape index (κ2) is 7.95. The number of benzene rings is 2. The van der Waals surface area contributed by atoms with Gasteiger partial charge in [0, 0.05) is 47.8 Å². The molecule has 0 atom stereocenters. The lowest BCUT2D eigenvalue weighted by Gasteiger charge is -2.33. The van der Waals surface area contributed by atoms with Crippen LogP contribution in [0.2, 0.25) is 5.02 Å². The van der Waals surface area contributed by atoms with Crippen molar-refractivity contribution >= 4 is 33.7 Å². The Hall–Kier alpha value is -1.36. The fraction of sp³-hybridized carbons (Fsp3) is 0.278. The highest BCUT2D eigenvalue weighted by Crippen LogP contribution is 2.15. The first-order valence-corrected chi connectivity index (χ1v) is 8.88. The number of rotatable bonds is 4. The van der Waals surface area contributed by atoms with E-state index < -0.39 is 0 Å². The molecule has 5 heteroatoms. The van der Waals surface area contributed by atoms with Gasteiger partial charge in [0.2, 0.25) is 0 Å². The standard InChI is InChI=1S/C18H19BrClN3/c19-18-4-2-1-3-16(18)13-21-23-11-9-22(10-12-23)14-15-5-7-17(20)8-6-15/h1-8,13H,9-12,14H2. The van der Waals surface area contributed by atoms with Gasteiger partial charge in [0.15, 0.2) is 0 Å². The number of hydrogen-bond acceptors (Lipinski definition) is 3. The molecule has 3 rings (SSSR count). The third-order valence-corrected chi connectivity index (χ3v) is 4.91. The number of nitrogens with zero attached hydrogens (tertiary/aromatic N) is 3. The van der Waals surface area contributed by atoms with E-state index >= 15 is 0 Å². The van der Waals surface area contributed by atoms with Gasteiger partial charge in [-0.25, -0.2) is 0 Å². The van der Waals surface area contributed by atoms with Gasteiger partial charge in [-0.2, -0.15) is 5.10 Å².